The Kier molecular flexibility index (Phi) is 1.94. The summed E-state index contributed by atoms with van der Waals surface area (Å²) in [6.07, 6.45) is 0. The number of anilines is 2. The standard InChI is InChI=1S/C12H8NOSe/c15-11-7-3-6-10-12(11)13-8-4-1-2-5-9(8)14-10/h1-7,13H. The second-order valence-corrected chi connectivity index (χ2v) is 4.28. The molecule has 3 heteroatoms. The first-order valence-electron chi connectivity index (χ1n) is 4.68. The summed E-state index contributed by atoms with van der Waals surface area (Å²) in [7, 11) is 0. The van der Waals surface area contributed by atoms with E-state index in [2.05, 4.69) is 21.3 Å². The van der Waals surface area contributed by atoms with Gasteiger partial charge in [0, 0.05) is 0 Å². The zero-order valence-electron chi connectivity index (χ0n) is 7.86. The molecule has 73 valence electrons. The molecule has 0 saturated carbocycles. The van der Waals surface area contributed by atoms with Crippen molar-refractivity contribution >= 4 is 31.8 Å². The van der Waals surface area contributed by atoms with Crippen LogP contribution in [0.2, 0.25) is 0 Å². The van der Waals surface area contributed by atoms with E-state index >= 15 is 0 Å². The predicted molar refractivity (Wildman–Crippen MR) is 61.6 cm³/mol. The van der Waals surface area contributed by atoms with Crippen LogP contribution in [-0.2, 0) is 0 Å². The molecule has 1 aliphatic heterocycles. The zero-order valence-corrected chi connectivity index (χ0v) is 9.57. The quantitative estimate of drug-likeness (QED) is 0.627. The van der Waals surface area contributed by atoms with Crippen LogP contribution in [0.4, 0.5) is 11.4 Å². The molecule has 0 saturated heterocycles. The van der Waals surface area contributed by atoms with Crippen LogP contribution < -0.4 is 14.5 Å². The van der Waals surface area contributed by atoms with Crippen molar-refractivity contribution in [2.75, 3.05) is 5.32 Å². The molecule has 2 aromatic carbocycles. The molecule has 0 spiro atoms. The van der Waals surface area contributed by atoms with Gasteiger partial charge in [-0.1, -0.05) is 0 Å². The summed E-state index contributed by atoms with van der Waals surface area (Å²) in [5, 5.41) is 3.35. The third kappa shape index (κ3) is 1.41. The maximum absolute atomic E-state index is 5.78. The molecule has 2 aromatic rings. The van der Waals surface area contributed by atoms with Crippen LogP contribution in [-0.4, -0.2) is 16.0 Å². The Morgan fingerprint density at radius 3 is 2.67 bits per heavy atom. The first kappa shape index (κ1) is 8.83. The first-order chi connectivity index (χ1) is 7.34. The minimum atomic E-state index is 0.866. The number of fused-ring (bicyclic) bond motifs is 2. The molecule has 1 radical (unpaired) electrons. The Balaban J connectivity index is 2.15. The second-order valence-electron chi connectivity index (χ2n) is 3.35. The van der Waals surface area contributed by atoms with E-state index in [1.165, 1.54) is 0 Å². The Morgan fingerprint density at radius 2 is 1.73 bits per heavy atom. The van der Waals surface area contributed by atoms with Gasteiger partial charge >= 0.3 is 95.9 Å². The van der Waals surface area contributed by atoms with E-state index in [9.17, 15) is 0 Å². The average molecular weight is 261 g/mol. The van der Waals surface area contributed by atoms with Gasteiger partial charge in [0.1, 0.15) is 0 Å². The fraction of sp³-hybridized carbons (Fsp3) is 0. The van der Waals surface area contributed by atoms with Crippen LogP contribution in [0.15, 0.2) is 42.5 Å². The Labute approximate surface area is 96.1 Å². The van der Waals surface area contributed by atoms with Crippen molar-refractivity contribution in [3.8, 4) is 11.5 Å². The molecule has 2 nitrogen and oxygen atoms in total. The summed E-state index contributed by atoms with van der Waals surface area (Å²) in [6.45, 7) is 0. The van der Waals surface area contributed by atoms with E-state index in [0.717, 1.165) is 27.3 Å². The van der Waals surface area contributed by atoms with Crippen LogP contribution in [0.25, 0.3) is 0 Å². The van der Waals surface area contributed by atoms with Gasteiger partial charge in [0.15, 0.2) is 0 Å². The van der Waals surface area contributed by atoms with Gasteiger partial charge in [0.05, 0.1) is 0 Å². The van der Waals surface area contributed by atoms with Gasteiger partial charge in [-0.05, 0) is 0 Å². The fourth-order valence-corrected chi connectivity index (χ4v) is 2.11. The van der Waals surface area contributed by atoms with Gasteiger partial charge in [-0.15, -0.1) is 0 Å². The molecule has 1 N–H and O–H groups in total. The number of para-hydroxylation sites is 3. The zero-order chi connectivity index (χ0) is 10.3. The summed E-state index contributed by atoms with van der Waals surface area (Å²) in [5.41, 5.74) is 2.02. The van der Waals surface area contributed by atoms with E-state index in [-0.39, 0.29) is 0 Å². The van der Waals surface area contributed by atoms with E-state index < -0.39 is 0 Å². The van der Waals surface area contributed by atoms with Crippen molar-refractivity contribution in [3.63, 3.8) is 0 Å². The van der Waals surface area contributed by atoms with E-state index in [0.29, 0.717) is 0 Å². The summed E-state index contributed by atoms with van der Waals surface area (Å²) >= 11 is 3.02. The number of hydrogen-bond donors (Lipinski definition) is 1. The van der Waals surface area contributed by atoms with Gasteiger partial charge in [0.25, 0.3) is 0 Å². The fourth-order valence-electron chi connectivity index (χ4n) is 1.63. The molecule has 0 unspecified atom stereocenters. The molecule has 0 aromatic heterocycles. The SMILES string of the molecule is [Se]c1cccc2c1Nc1ccccc1O2. The minimum absolute atomic E-state index is 0.866. The molecular formula is C12H8NOSe. The number of rotatable bonds is 0. The summed E-state index contributed by atoms with van der Waals surface area (Å²) in [4.78, 5) is 0. The monoisotopic (exact) mass is 262 g/mol. The summed E-state index contributed by atoms with van der Waals surface area (Å²) < 4.78 is 6.85. The molecule has 1 aliphatic rings. The van der Waals surface area contributed by atoms with Crippen LogP contribution in [0, 0.1) is 0 Å². The summed E-state index contributed by atoms with van der Waals surface area (Å²) in [6, 6.07) is 13.9. The normalized spacial score (nSPS) is 12.0. The number of hydrogen-bond acceptors (Lipinski definition) is 2. The van der Waals surface area contributed by atoms with Crippen molar-refractivity contribution in [1.29, 1.82) is 0 Å². The molecular weight excluding hydrogens is 253 g/mol. The van der Waals surface area contributed by atoms with E-state index in [1.54, 1.807) is 0 Å². The number of benzene rings is 2. The summed E-state index contributed by atoms with van der Waals surface area (Å²) in [5.74, 6) is 1.74. The Morgan fingerprint density at radius 1 is 0.933 bits per heavy atom. The topological polar surface area (TPSA) is 21.3 Å². The van der Waals surface area contributed by atoms with Crippen molar-refractivity contribution < 1.29 is 4.74 Å². The van der Waals surface area contributed by atoms with Crippen LogP contribution in [0.1, 0.15) is 0 Å². The van der Waals surface area contributed by atoms with Crippen LogP contribution in [0.3, 0.4) is 0 Å². The molecule has 0 atom stereocenters. The molecule has 0 amide bonds. The van der Waals surface area contributed by atoms with Gasteiger partial charge in [-0.2, -0.15) is 0 Å². The predicted octanol–water partition coefficient (Wildman–Crippen LogP) is 2.33. The van der Waals surface area contributed by atoms with E-state index in [4.69, 9.17) is 4.74 Å². The number of ether oxygens (including phenoxy) is 1. The average Bonchev–Trinajstić information content (AvgIpc) is 2.27. The van der Waals surface area contributed by atoms with Gasteiger partial charge in [-0.3, -0.25) is 0 Å². The third-order valence-corrected chi connectivity index (χ3v) is 3.07. The van der Waals surface area contributed by atoms with Crippen molar-refractivity contribution in [1.82, 2.24) is 0 Å². The molecule has 1 heterocycles. The van der Waals surface area contributed by atoms with Crippen molar-refractivity contribution in [2.24, 2.45) is 0 Å². The first-order valence-corrected chi connectivity index (χ1v) is 5.54. The maximum atomic E-state index is 5.78. The van der Waals surface area contributed by atoms with Gasteiger partial charge < -0.3 is 0 Å². The molecule has 0 aliphatic carbocycles. The molecule has 0 fully saturated rings. The molecule has 3 rings (SSSR count). The van der Waals surface area contributed by atoms with Gasteiger partial charge in [-0.25, -0.2) is 0 Å². The van der Waals surface area contributed by atoms with Crippen molar-refractivity contribution in [3.05, 3.63) is 42.5 Å². The van der Waals surface area contributed by atoms with Crippen LogP contribution in [0.5, 0.6) is 11.5 Å². The van der Waals surface area contributed by atoms with Crippen molar-refractivity contribution in [2.45, 2.75) is 0 Å². The van der Waals surface area contributed by atoms with E-state index in [1.807, 2.05) is 42.5 Å². The third-order valence-electron chi connectivity index (χ3n) is 2.35. The molecule has 0 bridgehead atoms. The van der Waals surface area contributed by atoms with Crippen LogP contribution >= 0.6 is 0 Å². The van der Waals surface area contributed by atoms with Gasteiger partial charge in [0.2, 0.25) is 0 Å². The Hall–Kier alpha value is -1.44. The number of nitrogens with one attached hydrogen (secondary N) is 1. The molecule has 15 heavy (non-hydrogen) atoms. The second kappa shape index (κ2) is 3.30. The Bertz CT molecular complexity index is 525.